The van der Waals surface area contributed by atoms with Gasteiger partial charge in [0.1, 0.15) is 0 Å². The summed E-state index contributed by atoms with van der Waals surface area (Å²) >= 11 is 1.91. The van der Waals surface area contributed by atoms with Crippen LogP contribution in [0.1, 0.15) is 12.0 Å². The average molecular weight is 241 g/mol. The molecule has 0 bridgehead atoms. The lowest BCUT2D eigenvalue weighted by atomic mass is 10.1. The summed E-state index contributed by atoms with van der Waals surface area (Å²) in [6, 6.07) is 3.47. The SMILES string of the molecule is Oc1ccc(CNC2CCSC2)c(O)c1O. The van der Waals surface area contributed by atoms with E-state index in [2.05, 4.69) is 5.32 Å². The van der Waals surface area contributed by atoms with Crippen molar-refractivity contribution in [3.63, 3.8) is 0 Å². The molecule has 1 atom stereocenters. The Morgan fingerprint density at radius 3 is 2.75 bits per heavy atom. The zero-order chi connectivity index (χ0) is 11.5. The van der Waals surface area contributed by atoms with Crippen molar-refractivity contribution in [3.8, 4) is 17.2 Å². The fourth-order valence-electron chi connectivity index (χ4n) is 1.70. The molecule has 0 aromatic heterocycles. The summed E-state index contributed by atoms with van der Waals surface area (Å²) in [6.07, 6.45) is 1.13. The van der Waals surface area contributed by atoms with Crippen molar-refractivity contribution in [2.45, 2.75) is 19.0 Å². The molecule has 1 heterocycles. The highest BCUT2D eigenvalue weighted by atomic mass is 32.2. The summed E-state index contributed by atoms with van der Waals surface area (Å²) in [4.78, 5) is 0. The van der Waals surface area contributed by atoms with E-state index >= 15 is 0 Å². The third-order valence-corrected chi connectivity index (χ3v) is 3.89. The molecule has 88 valence electrons. The van der Waals surface area contributed by atoms with Crippen LogP contribution in [-0.4, -0.2) is 32.9 Å². The Bertz CT molecular complexity index is 378. The van der Waals surface area contributed by atoms with Gasteiger partial charge in [0.2, 0.25) is 5.75 Å². The second-order valence-electron chi connectivity index (χ2n) is 3.88. The van der Waals surface area contributed by atoms with E-state index < -0.39 is 5.75 Å². The van der Waals surface area contributed by atoms with Crippen molar-refractivity contribution in [3.05, 3.63) is 17.7 Å². The maximum Gasteiger partial charge on any atom is 0.200 e. The normalized spacial score (nSPS) is 20.1. The molecule has 1 aliphatic heterocycles. The van der Waals surface area contributed by atoms with Crippen LogP contribution < -0.4 is 5.32 Å². The molecule has 1 fully saturated rings. The molecular formula is C11H15NO3S. The van der Waals surface area contributed by atoms with Crippen LogP contribution >= 0.6 is 11.8 Å². The van der Waals surface area contributed by atoms with Gasteiger partial charge in [-0.25, -0.2) is 0 Å². The highest BCUT2D eigenvalue weighted by Gasteiger charge is 2.16. The number of benzene rings is 1. The van der Waals surface area contributed by atoms with Gasteiger partial charge in [0.05, 0.1) is 0 Å². The van der Waals surface area contributed by atoms with Gasteiger partial charge in [-0.1, -0.05) is 6.07 Å². The molecule has 5 heteroatoms. The molecular weight excluding hydrogens is 226 g/mol. The number of nitrogens with one attached hydrogen (secondary N) is 1. The van der Waals surface area contributed by atoms with Crippen LogP contribution in [0.5, 0.6) is 17.2 Å². The lowest BCUT2D eigenvalue weighted by Crippen LogP contribution is -2.27. The van der Waals surface area contributed by atoms with E-state index in [0.29, 0.717) is 18.2 Å². The summed E-state index contributed by atoms with van der Waals surface area (Å²) in [5.41, 5.74) is 0.604. The molecule has 4 nitrogen and oxygen atoms in total. The second kappa shape index (κ2) is 4.84. The Morgan fingerprint density at radius 1 is 1.25 bits per heavy atom. The Morgan fingerprint density at radius 2 is 2.06 bits per heavy atom. The number of hydrogen-bond acceptors (Lipinski definition) is 5. The van der Waals surface area contributed by atoms with Crippen molar-refractivity contribution in [2.24, 2.45) is 0 Å². The maximum absolute atomic E-state index is 9.60. The van der Waals surface area contributed by atoms with E-state index in [1.165, 1.54) is 11.8 Å². The molecule has 0 aliphatic carbocycles. The van der Waals surface area contributed by atoms with E-state index in [1.54, 1.807) is 6.07 Å². The number of hydrogen-bond donors (Lipinski definition) is 4. The van der Waals surface area contributed by atoms with Crippen LogP contribution in [0.25, 0.3) is 0 Å². The minimum atomic E-state index is -0.444. The standard InChI is InChI=1S/C11H15NO3S/c13-9-2-1-7(10(14)11(9)15)5-12-8-3-4-16-6-8/h1-2,8,12-15H,3-6H2. The molecule has 0 amide bonds. The zero-order valence-electron chi connectivity index (χ0n) is 8.81. The molecule has 1 aromatic carbocycles. The number of thioether (sulfide) groups is 1. The lowest BCUT2D eigenvalue weighted by Gasteiger charge is -2.12. The van der Waals surface area contributed by atoms with Gasteiger partial charge < -0.3 is 20.6 Å². The number of phenolic OH excluding ortho intramolecular Hbond substituents is 3. The van der Waals surface area contributed by atoms with Crippen LogP contribution in [0, 0.1) is 0 Å². The first-order valence-corrected chi connectivity index (χ1v) is 6.38. The van der Waals surface area contributed by atoms with Gasteiger partial charge in [-0.15, -0.1) is 0 Å². The molecule has 0 saturated carbocycles. The summed E-state index contributed by atoms with van der Waals surface area (Å²) in [7, 11) is 0. The first-order chi connectivity index (χ1) is 7.68. The van der Waals surface area contributed by atoms with Gasteiger partial charge >= 0.3 is 0 Å². The van der Waals surface area contributed by atoms with Crippen molar-refractivity contribution < 1.29 is 15.3 Å². The summed E-state index contributed by atoms with van der Waals surface area (Å²) in [5, 5.41) is 31.4. The Labute approximate surface area is 98.3 Å². The third kappa shape index (κ3) is 2.36. The predicted octanol–water partition coefficient (Wildman–Crippen LogP) is 1.40. The quantitative estimate of drug-likeness (QED) is 0.602. The maximum atomic E-state index is 9.60. The minimum Gasteiger partial charge on any atom is -0.504 e. The van der Waals surface area contributed by atoms with Crippen molar-refractivity contribution in [1.29, 1.82) is 0 Å². The average Bonchev–Trinajstić information content (AvgIpc) is 2.78. The Balaban J connectivity index is 2.01. The second-order valence-corrected chi connectivity index (χ2v) is 5.03. The largest absolute Gasteiger partial charge is 0.504 e. The summed E-state index contributed by atoms with van der Waals surface area (Å²) in [6.45, 7) is 0.505. The van der Waals surface area contributed by atoms with Crippen LogP contribution in [0.15, 0.2) is 12.1 Å². The Hall–Kier alpha value is -1.07. The summed E-state index contributed by atoms with van der Waals surface area (Å²) in [5.74, 6) is 1.28. The highest BCUT2D eigenvalue weighted by molar-refractivity contribution is 7.99. The molecule has 0 radical (unpaired) electrons. The molecule has 4 N–H and O–H groups in total. The van der Waals surface area contributed by atoms with Gasteiger partial charge in [-0.2, -0.15) is 11.8 Å². The van der Waals surface area contributed by atoms with Gasteiger partial charge in [-0.3, -0.25) is 0 Å². The first kappa shape index (κ1) is 11.4. The number of aromatic hydroxyl groups is 3. The highest BCUT2D eigenvalue weighted by Crippen LogP contribution is 2.37. The molecule has 1 unspecified atom stereocenters. The van der Waals surface area contributed by atoms with Gasteiger partial charge in [-0.05, 0) is 18.2 Å². The van der Waals surface area contributed by atoms with E-state index in [0.717, 1.165) is 12.2 Å². The fraction of sp³-hybridized carbons (Fsp3) is 0.455. The van der Waals surface area contributed by atoms with Crippen LogP contribution in [0.3, 0.4) is 0 Å². The van der Waals surface area contributed by atoms with E-state index in [-0.39, 0.29) is 11.5 Å². The number of phenols is 3. The molecule has 16 heavy (non-hydrogen) atoms. The lowest BCUT2D eigenvalue weighted by molar-refractivity contribution is 0.363. The number of rotatable bonds is 3. The zero-order valence-corrected chi connectivity index (χ0v) is 9.63. The third-order valence-electron chi connectivity index (χ3n) is 2.72. The van der Waals surface area contributed by atoms with Crippen molar-refractivity contribution >= 4 is 11.8 Å². The van der Waals surface area contributed by atoms with Crippen LogP contribution in [0.2, 0.25) is 0 Å². The predicted molar refractivity (Wildman–Crippen MR) is 64.0 cm³/mol. The van der Waals surface area contributed by atoms with Crippen LogP contribution in [-0.2, 0) is 6.54 Å². The monoisotopic (exact) mass is 241 g/mol. The molecule has 2 rings (SSSR count). The first-order valence-electron chi connectivity index (χ1n) is 5.22. The van der Waals surface area contributed by atoms with Crippen molar-refractivity contribution in [2.75, 3.05) is 11.5 Å². The smallest absolute Gasteiger partial charge is 0.200 e. The van der Waals surface area contributed by atoms with E-state index in [9.17, 15) is 15.3 Å². The fourth-order valence-corrected chi connectivity index (χ4v) is 2.89. The van der Waals surface area contributed by atoms with E-state index in [1.807, 2.05) is 11.8 Å². The van der Waals surface area contributed by atoms with Crippen molar-refractivity contribution in [1.82, 2.24) is 5.32 Å². The van der Waals surface area contributed by atoms with Crippen LogP contribution in [0.4, 0.5) is 0 Å². The Kier molecular flexibility index (Phi) is 3.46. The minimum absolute atomic E-state index is 0.238. The topological polar surface area (TPSA) is 72.7 Å². The van der Waals surface area contributed by atoms with Gasteiger partial charge in [0.15, 0.2) is 11.5 Å². The van der Waals surface area contributed by atoms with Gasteiger partial charge in [0, 0.05) is 23.9 Å². The van der Waals surface area contributed by atoms with E-state index in [4.69, 9.17) is 0 Å². The molecule has 1 aromatic rings. The molecule has 0 spiro atoms. The molecule has 1 saturated heterocycles. The van der Waals surface area contributed by atoms with Gasteiger partial charge in [0.25, 0.3) is 0 Å². The molecule has 1 aliphatic rings. The summed E-state index contributed by atoms with van der Waals surface area (Å²) < 4.78 is 0.